The maximum atomic E-state index is 11.9. The van der Waals surface area contributed by atoms with Crippen molar-refractivity contribution < 1.29 is 4.79 Å². The van der Waals surface area contributed by atoms with Crippen molar-refractivity contribution in [2.45, 2.75) is 13.5 Å². The fourth-order valence-electron chi connectivity index (χ4n) is 2.30. The molecule has 3 rings (SSSR count). The molecular weight excluding hydrogens is 373 g/mol. The minimum Gasteiger partial charge on any atom is -0.267 e. The Labute approximate surface area is 160 Å². The van der Waals surface area contributed by atoms with Crippen LogP contribution in [-0.2, 0) is 6.54 Å². The lowest BCUT2D eigenvalue weighted by Crippen LogP contribution is -2.17. The van der Waals surface area contributed by atoms with Gasteiger partial charge in [0.2, 0.25) is 0 Å². The van der Waals surface area contributed by atoms with Gasteiger partial charge in [0.05, 0.1) is 29.6 Å². The highest BCUT2D eigenvalue weighted by atomic mass is 35.5. The number of carbonyl (C=O) groups excluding carboxylic acids is 1. The summed E-state index contributed by atoms with van der Waals surface area (Å²) in [5, 5.41) is 9.50. The monoisotopic (exact) mass is 387 g/mol. The molecule has 1 N–H and O–H groups in total. The Kier molecular flexibility index (Phi) is 5.65. The lowest BCUT2D eigenvalue weighted by molar-refractivity contribution is 0.0955. The van der Waals surface area contributed by atoms with Crippen LogP contribution in [0.1, 0.15) is 27.2 Å². The zero-order valence-corrected chi connectivity index (χ0v) is 15.4. The van der Waals surface area contributed by atoms with E-state index in [1.54, 1.807) is 23.0 Å². The first-order valence-corrected chi connectivity index (χ1v) is 8.51. The third kappa shape index (κ3) is 4.28. The van der Waals surface area contributed by atoms with E-state index in [9.17, 15) is 4.79 Å². The van der Waals surface area contributed by atoms with E-state index in [4.69, 9.17) is 23.2 Å². The van der Waals surface area contributed by atoms with Crippen LogP contribution in [0.3, 0.4) is 0 Å². The molecule has 0 unspecified atom stereocenters. The molecule has 2 aromatic heterocycles. The van der Waals surface area contributed by atoms with Crippen LogP contribution in [0.4, 0.5) is 0 Å². The van der Waals surface area contributed by atoms with Gasteiger partial charge >= 0.3 is 0 Å². The first-order chi connectivity index (χ1) is 12.5. The minimum absolute atomic E-state index is 0.350. The summed E-state index contributed by atoms with van der Waals surface area (Å²) in [5.41, 5.74) is 5.25. The zero-order valence-electron chi connectivity index (χ0n) is 13.9. The topological polar surface area (TPSA) is 72.2 Å². The molecule has 1 amide bonds. The van der Waals surface area contributed by atoms with Gasteiger partial charge < -0.3 is 0 Å². The van der Waals surface area contributed by atoms with Crippen molar-refractivity contribution in [3.05, 3.63) is 81.4 Å². The van der Waals surface area contributed by atoms with Crippen molar-refractivity contribution >= 4 is 35.3 Å². The minimum atomic E-state index is -0.350. The van der Waals surface area contributed by atoms with Crippen molar-refractivity contribution in [3.8, 4) is 0 Å². The highest BCUT2D eigenvalue weighted by Crippen LogP contribution is 2.20. The quantitative estimate of drug-likeness (QED) is 0.535. The molecule has 0 radical (unpaired) electrons. The maximum absolute atomic E-state index is 11.9. The van der Waals surface area contributed by atoms with Crippen molar-refractivity contribution in [1.29, 1.82) is 0 Å². The molecule has 1 aromatic carbocycles. The number of carbonyl (C=O) groups is 1. The number of aryl methyl sites for hydroxylation is 1. The smallest absolute Gasteiger partial charge is 0.267 e. The Morgan fingerprint density at radius 2 is 2.04 bits per heavy atom. The van der Waals surface area contributed by atoms with Crippen molar-refractivity contribution in [1.82, 2.24) is 20.2 Å². The standard InChI is InChI=1S/C18H15Cl2N5O/c1-12-16(10-22-23-18(26)14-3-2-8-21-9-14)17(20)25(24-12)11-13-4-6-15(19)7-5-13/h2-10H,11H2,1H3,(H,23,26)/b22-10+. The first-order valence-electron chi connectivity index (χ1n) is 7.75. The predicted molar refractivity (Wildman–Crippen MR) is 102 cm³/mol. The molecule has 132 valence electrons. The number of benzene rings is 1. The SMILES string of the molecule is Cc1nn(Cc2ccc(Cl)cc2)c(Cl)c1/C=N/NC(=O)c1cccnc1. The number of aromatic nitrogens is 3. The van der Waals surface area contributed by atoms with Gasteiger partial charge in [-0.3, -0.25) is 9.78 Å². The average molecular weight is 388 g/mol. The molecule has 3 aromatic rings. The lowest BCUT2D eigenvalue weighted by atomic mass is 10.2. The van der Waals surface area contributed by atoms with Crippen LogP contribution in [0, 0.1) is 6.92 Å². The van der Waals surface area contributed by atoms with E-state index in [2.05, 4.69) is 20.6 Å². The van der Waals surface area contributed by atoms with Gasteiger partial charge in [-0.05, 0) is 36.8 Å². The molecule has 0 saturated heterocycles. The third-order valence-electron chi connectivity index (χ3n) is 3.64. The van der Waals surface area contributed by atoms with Crippen LogP contribution < -0.4 is 5.43 Å². The number of hydrogen-bond acceptors (Lipinski definition) is 4. The molecular formula is C18H15Cl2N5O. The molecule has 0 bridgehead atoms. The molecule has 8 heteroatoms. The van der Waals surface area contributed by atoms with Crippen LogP contribution >= 0.6 is 23.2 Å². The van der Waals surface area contributed by atoms with Crippen LogP contribution in [0.2, 0.25) is 10.2 Å². The number of nitrogens with one attached hydrogen (secondary N) is 1. The Morgan fingerprint density at radius 3 is 2.73 bits per heavy atom. The van der Waals surface area contributed by atoms with E-state index in [1.807, 2.05) is 31.2 Å². The van der Waals surface area contributed by atoms with Gasteiger partial charge in [-0.2, -0.15) is 10.2 Å². The summed E-state index contributed by atoms with van der Waals surface area (Å²) in [6, 6.07) is 10.8. The van der Waals surface area contributed by atoms with Gasteiger partial charge in [0.15, 0.2) is 0 Å². The van der Waals surface area contributed by atoms with Gasteiger partial charge in [0, 0.05) is 17.4 Å². The second-order valence-corrected chi connectivity index (χ2v) is 6.31. The highest BCUT2D eigenvalue weighted by Gasteiger charge is 2.12. The number of halogens is 2. The molecule has 0 aliphatic heterocycles. The third-order valence-corrected chi connectivity index (χ3v) is 4.29. The van der Waals surface area contributed by atoms with Gasteiger partial charge in [0.1, 0.15) is 5.15 Å². The van der Waals surface area contributed by atoms with Gasteiger partial charge in [-0.15, -0.1) is 0 Å². The zero-order chi connectivity index (χ0) is 18.5. The van der Waals surface area contributed by atoms with Crippen LogP contribution in [0.5, 0.6) is 0 Å². The second-order valence-electron chi connectivity index (χ2n) is 5.51. The first kappa shape index (κ1) is 18.1. The normalized spacial score (nSPS) is 11.0. The van der Waals surface area contributed by atoms with E-state index in [1.165, 1.54) is 12.4 Å². The molecule has 0 atom stereocenters. The summed E-state index contributed by atoms with van der Waals surface area (Å²) in [6.07, 6.45) is 4.54. The van der Waals surface area contributed by atoms with Crippen molar-refractivity contribution in [2.24, 2.45) is 5.10 Å². The van der Waals surface area contributed by atoms with E-state index >= 15 is 0 Å². The molecule has 0 fully saturated rings. The molecule has 0 saturated carbocycles. The molecule has 6 nitrogen and oxygen atoms in total. The summed E-state index contributed by atoms with van der Waals surface area (Å²) in [4.78, 5) is 15.8. The summed E-state index contributed by atoms with van der Waals surface area (Å²) < 4.78 is 1.67. The van der Waals surface area contributed by atoms with Crippen LogP contribution in [0.25, 0.3) is 0 Å². The highest BCUT2D eigenvalue weighted by molar-refractivity contribution is 6.32. The molecule has 0 aliphatic carbocycles. The van der Waals surface area contributed by atoms with Crippen LogP contribution in [-0.4, -0.2) is 26.9 Å². The van der Waals surface area contributed by atoms with E-state index in [-0.39, 0.29) is 5.91 Å². The summed E-state index contributed by atoms with van der Waals surface area (Å²) in [7, 11) is 0. The summed E-state index contributed by atoms with van der Waals surface area (Å²) >= 11 is 12.3. The van der Waals surface area contributed by atoms with Gasteiger partial charge in [0.25, 0.3) is 5.91 Å². The van der Waals surface area contributed by atoms with Gasteiger partial charge in [-0.25, -0.2) is 10.1 Å². The molecule has 0 spiro atoms. The maximum Gasteiger partial charge on any atom is 0.272 e. The number of pyridine rings is 1. The molecule has 26 heavy (non-hydrogen) atoms. The van der Waals surface area contributed by atoms with Crippen molar-refractivity contribution in [2.75, 3.05) is 0 Å². The molecule has 0 aliphatic rings. The van der Waals surface area contributed by atoms with Crippen molar-refractivity contribution in [3.63, 3.8) is 0 Å². The van der Waals surface area contributed by atoms with E-state index in [0.717, 1.165) is 5.56 Å². The average Bonchev–Trinajstić information content (AvgIpc) is 2.91. The lowest BCUT2D eigenvalue weighted by Gasteiger charge is -2.03. The summed E-state index contributed by atoms with van der Waals surface area (Å²) in [6.45, 7) is 2.33. The largest absolute Gasteiger partial charge is 0.272 e. The number of amides is 1. The Bertz CT molecular complexity index is 936. The van der Waals surface area contributed by atoms with Gasteiger partial charge in [-0.1, -0.05) is 35.3 Å². The van der Waals surface area contributed by atoms with E-state index in [0.29, 0.717) is 33.5 Å². The number of rotatable bonds is 5. The predicted octanol–water partition coefficient (Wildman–Crippen LogP) is 3.71. The Morgan fingerprint density at radius 1 is 1.27 bits per heavy atom. The number of hydrogen-bond donors (Lipinski definition) is 1. The Balaban J connectivity index is 1.71. The summed E-state index contributed by atoms with van der Waals surface area (Å²) in [5.74, 6) is -0.350. The second kappa shape index (κ2) is 8.12. The fraction of sp³-hybridized carbons (Fsp3) is 0.111. The Hall–Kier alpha value is -2.70. The number of hydrazone groups is 1. The fourth-order valence-corrected chi connectivity index (χ4v) is 2.71. The number of nitrogens with zero attached hydrogens (tertiary/aromatic N) is 4. The van der Waals surface area contributed by atoms with Crippen LogP contribution in [0.15, 0.2) is 53.9 Å². The molecule has 2 heterocycles. The van der Waals surface area contributed by atoms with E-state index < -0.39 is 0 Å².